The lowest BCUT2D eigenvalue weighted by Crippen LogP contribution is -2.44. The lowest BCUT2D eigenvalue weighted by atomic mass is 10.1. The number of likely N-dealkylation sites (tertiary alicyclic amines) is 1. The Labute approximate surface area is 123 Å². The number of hydrogen-bond acceptors (Lipinski definition) is 3. The Balaban J connectivity index is 1.86. The van der Waals surface area contributed by atoms with Crippen molar-refractivity contribution >= 4 is 5.91 Å². The van der Waals surface area contributed by atoms with E-state index >= 15 is 0 Å². The molecule has 0 aromatic heterocycles. The molecule has 0 unspecified atom stereocenters. The number of carbonyl (C=O) groups is 1. The number of aliphatic hydroxyl groups excluding tert-OH is 1. The van der Waals surface area contributed by atoms with Gasteiger partial charge in [-0.3, -0.25) is 9.69 Å². The van der Waals surface area contributed by atoms with Crippen molar-refractivity contribution < 1.29 is 18.7 Å². The summed E-state index contributed by atoms with van der Waals surface area (Å²) in [4.78, 5) is 15.5. The van der Waals surface area contributed by atoms with Crippen LogP contribution in [0.2, 0.25) is 0 Å². The zero-order valence-corrected chi connectivity index (χ0v) is 12.1. The molecule has 0 atom stereocenters. The second-order valence-corrected chi connectivity index (χ2v) is 5.52. The van der Waals surface area contributed by atoms with E-state index in [1.807, 2.05) is 0 Å². The molecule has 1 aromatic carbocycles. The second kappa shape index (κ2) is 6.95. The Bertz CT molecular complexity index is 502. The zero-order valence-electron chi connectivity index (χ0n) is 12.1. The molecule has 0 bridgehead atoms. The van der Waals surface area contributed by atoms with Crippen LogP contribution in [0, 0.1) is 11.6 Å². The molecule has 1 N–H and O–H groups in total. The highest BCUT2D eigenvalue weighted by Crippen LogP contribution is 2.13. The van der Waals surface area contributed by atoms with Crippen molar-refractivity contribution in [3.63, 3.8) is 0 Å². The fraction of sp³-hybridized carbons (Fsp3) is 0.533. The number of hydrogen-bond donors (Lipinski definition) is 1. The quantitative estimate of drug-likeness (QED) is 0.913. The number of amides is 1. The van der Waals surface area contributed by atoms with Gasteiger partial charge < -0.3 is 10.0 Å². The summed E-state index contributed by atoms with van der Waals surface area (Å²) in [6.07, 6.45) is 0.879. The third kappa shape index (κ3) is 4.47. The van der Waals surface area contributed by atoms with Crippen LogP contribution in [0.3, 0.4) is 0 Å². The summed E-state index contributed by atoms with van der Waals surface area (Å²) in [5, 5.41) is 9.42. The molecule has 1 aliphatic heterocycles. The van der Waals surface area contributed by atoms with E-state index in [1.54, 1.807) is 16.8 Å². The molecule has 1 aliphatic rings. The highest BCUT2D eigenvalue weighted by Gasteiger charge is 2.22. The van der Waals surface area contributed by atoms with Crippen molar-refractivity contribution in [1.29, 1.82) is 0 Å². The summed E-state index contributed by atoms with van der Waals surface area (Å²) < 4.78 is 26.4. The van der Waals surface area contributed by atoms with Crippen LogP contribution < -0.4 is 0 Å². The van der Waals surface area contributed by atoms with Gasteiger partial charge in [0.05, 0.1) is 12.6 Å². The van der Waals surface area contributed by atoms with Crippen LogP contribution in [0.4, 0.5) is 8.78 Å². The first-order chi connectivity index (χ1) is 9.95. The lowest BCUT2D eigenvalue weighted by Gasteiger charge is -2.31. The number of halogens is 2. The summed E-state index contributed by atoms with van der Waals surface area (Å²) in [6.45, 7) is 1.53. The Kier molecular flexibility index (Phi) is 5.25. The number of piperidine rings is 1. The van der Waals surface area contributed by atoms with Crippen molar-refractivity contribution in [2.24, 2.45) is 0 Å². The van der Waals surface area contributed by atoms with Crippen molar-refractivity contribution in [2.75, 3.05) is 26.7 Å². The fourth-order valence-electron chi connectivity index (χ4n) is 2.44. The Morgan fingerprint density at radius 1 is 1.38 bits per heavy atom. The zero-order chi connectivity index (χ0) is 15.4. The average molecular weight is 298 g/mol. The molecule has 0 aliphatic carbocycles. The first-order valence-corrected chi connectivity index (χ1v) is 7.04. The minimum Gasteiger partial charge on any atom is -0.393 e. The Morgan fingerprint density at radius 2 is 2.05 bits per heavy atom. The molecule has 1 aromatic rings. The Morgan fingerprint density at radius 3 is 2.67 bits per heavy atom. The van der Waals surface area contributed by atoms with Crippen LogP contribution >= 0.6 is 0 Å². The molecule has 0 radical (unpaired) electrons. The third-order valence-corrected chi connectivity index (χ3v) is 3.68. The van der Waals surface area contributed by atoms with Gasteiger partial charge >= 0.3 is 0 Å². The molecule has 116 valence electrons. The average Bonchev–Trinajstić information content (AvgIpc) is 2.42. The smallest absolute Gasteiger partial charge is 0.236 e. The molecular weight excluding hydrogens is 278 g/mol. The number of carbonyl (C=O) groups excluding carboxylic acids is 1. The molecule has 6 heteroatoms. The molecule has 1 fully saturated rings. The molecule has 1 heterocycles. The molecule has 1 amide bonds. The van der Waals surface area contributed by atoms with Gasteiger partial charge in [0.1, 0.15) is 11.6 Å². The van der Waals surface area contributed by atoms with E-state index in [2.05, 4.69) is 0 Å². The molecule has 21 heavy (non-hydrogen) atoms. The molecule has 4 nitrogen and oxygen atoms in total. The van der Waals surface area contributed by atoms with Gasteiger partial charge in [-0.2, -0.15) is 0 Å². The van der Waals surface area contributed by atoms with Crippen LogP contribution in [0.15, 0.2) is 18.2 Å². The minimum atomic E-state index is -0.609. The van der Waals surface area contributed by atoms with Gasteiger partial charge in [-0.25, -0.2) is 8.78 Å². The van der Waals surface area contributed by atoms with Gasteiger partial charge in [-0.15, -0.1) is 0 Å². The molecular formula is C15H20F2N2O2. The van der Waals surface area contributed by atoms with Gasteiger partial charge in [-0.05, 0) is 26.0 Å². The largest absolute Gasteiger partial charge is 0.393 e. The maximum atomic E-state index is 13.6. The van der Waals surface area contributed by atoms with Crippen LogP contribution in [-0.2, 0) is 11.3 Å². The number of likely N-dealkylation sites (N-methyl/N-ethyl adjacent to an activating group) is 1. The van der Waals surface area contributed by atoms with Gasteiger partial charge in [0, 0.05) is 31.3 Å². The maximum absolute atomic E-state index is 13.6. The van der Waals surface area contributed by atoms with Gasteiger partial charge in [-0.1, -0.05) is 6.07 Å². The van der Waals surface area contributed by atoms with E-state index < -0.39 is 11.6 Å². The highest BCUT2D eigenvalue weighted by atomic mass is 19.1. The van der Waals surface area contributed by atoms with Crippen molar-refractivity contribution in [2.45, 2.75) is 25.5 Å². The fourth-order valence-corrected chi connectivity index (χ4v) is 2.44. The number of benzene rings is 1. The summed E-state index contributed by atoms with van der Waals surface area (Å²) in [5.74, 6) is -1.25. The van der Waals surface area contributed by atoms with E-state index in [4.69, 9.17) is 0 Å². The SMILES string of the molecule is CN(CC(=O)N1CCC(O)CC1)Cc1ccc(F)cc1F. The van der Waals surface area contributed by atoms with Gasteiger partial charge in [0.15, 0.2) is 0 Å². The van der Waals surface area contributed by atoms with E-state index in [1.165, 1.54) is 12.1 Å². The minimum absolute atomic E-state index is 0.0353. The van der Waals surface area contributed by atoms with E-state index in [0.717, 1.165) is 6.07 Å². The van der Waals surface area contributed by atoms with Crippen LogP contribution in [-0.4, -0.2) is 53.6 Å². The summed E-state index contributed by atoms with van der Waals surface area (Å²) in [7, 11) is 1.72. The second-order valence-electron chi connectivity index (χ2n) is 5.52. The molecule has 0 spiro atoms. The monoisotopic (exact) mass is 298 g/mol. The van der Waals surface area contributed by atoms with E-state index in [0.29, 0.717) is 31.5 Å². The van der Waals surface area contributed by atoms with Crippen molar-refractivity contribution in [3.8, 4) is 0 Å². The standard InChI is InChI=1S/C15H20F2N2O2/c1-18(9-11-2-3-12(16)8-14(11)17)10-15(21)19-6-4-13(20)5-7-19/h2-3,8,13,20H,4-7,9-10H2,1H3. The molecule has 1 saturated heterocycles. The van der Waals surface area contributed by atoms with E-state index in [9.17, 15) is 18.7 Å². The number of nitrogens with zero attached hydrogens (tertiary/aromatic N) is 2. The normalized spacial score (nSPS) is 16.5. The van der Waals surface area contributed by atoms with Crippen molar-refractivity contribution in [1.82, 2.24) is 9.80 Å². The molecule has 0 saturated carbocycles. The van der Waals surface area contributed by atoms with Crippen LogP contribution in [0.5, 0.6) is 0 Å². The maximum Gasteiger partial charge on any atom is 0.236 e. The van der Waals surface area contributed by atoms with Crippen molar-refractivity contribution in [3.05, 3.63) is 35.4 Å². The predicted molar refractivity (Wildman–Crippen MR) is 74.5 cm³/mol. The van der Waals surface area contributed by atoms with Crippen LogP contribution in [0.25, 0.3) is 0 Å². The van der Waals surface area contributed by atoms with Gasteiger partial charge in [0.25, 0.3) is 0 Å². The highest BCUT2D eigenvalue weighted by molar-refractivity contribution is 5.78. The van der Waals surface area contributed by atoms with E-state index in [-0.39, 0.29) is 25.1 Å². The Hall–Kier alpha value is -1.53. The number of rotatable bonds is 4. The first-order valence-electron chi connectivity index (χ1n) is 7.04. The summed E-state index contributed by atoms with van der Waals surface area (Å²) >= 11 is 0. The summed E-state index contributed by atoms with van der Waals surface area (Å²) in [5.41, 5.74) is 0.362. The van der Waals surface area contributed by atoms with Gasteiger partial charge in [0.2, 0.25) is 5.91 Å². The molecule has 2 rings (SSSR count). The predicted octanol–water partition coefficient (Wildman–Crippen LogP) is 1.38. The van der Waals surface area contributed by atoms with Crippen LogP contribution in [0.1, 0.15) is 18.4 Å². The topological polar surface area (TPSA) is 43.8 Å². The number of aliphatic hydroxyl groups is 1. The third-order valence-electron chi connectivity index (χ3n) is 3.68. The summed E-state index contributed by atoms with van der Waals surface area (Å²) in [6, 6.07) is 3.44. The first kappa shape index (κ1) is 15.9. The lowest BCUT2D eigenvalue weighted by molar-refractivity contribution is -0.134.